The van der Waals surface area contributed by atoms with Gasteiger partial charge in [-0.2, -0.15) is 5.10 Å². The van der Waals surface area contributed by atoms with E-state index in [2.05, 4.69) is 15.5 Å². The van der Waals surface area contributed by atoms with Gasteiger partial charge in [-0.05, 0) is 36.8 Å². The molecule has 1 aromatic rings. The summed E-state index contributed by atoms with van der Waals surface area (Å²) in [7, 11) is 0. The van der Waals surface area contributed by atoms with Crippen molar-refractivity contribution >= 4 is 34.7 Å². The smallest absolute Gasteiger partial charge is 0.211 e. The molecular weight excluding hydrogens is 236 g/mol. The molecule has 7 heteroatoms. The van der Waals surface area contributed by atoms with Crippen LogP contribution in [0.5, 0.6) is 0 Å². The van der Waals surface area contributed by atoms with Crippen molar-refractivity contribution in [3.8, 4) is 0 Å². The van der Waals surface area contributed by atoms with E-state index in [-0.39, 0.29) is 11.1 Å². The van der Waals surface area contributed by atoms with Gasteiger partial charge in [0.05, 0.1) is 5.71 Å². The van der Waals surface area contributed by atoms with Crippen LogP contribution in [0, 0.1) is 0 Å². The first-order valence-corrected chi connectivity index (χ1v) is 5.20. The second-order valence-electron chi connectivity index (χ2n) is 3.28. The maximum absolute atomic E-state index is 5.35. The van der Waals surface area contributed by atoms with Crippen molar-refractivity contribution < 1.29 is 0 Å². The standard InChI is InChI=1S/C10H14N6S/c1-6(15-16-9(11)12)7-2-4-8(5-3-7)14-10(13)17/h2-5H,1H3,(H4,11,12,16)(H3,13,14,17)/b15-6-. The van der Waals surface area contributed by atoms with Gasteiger partial charge in [0.2, 0.25) is 5.96 Å². The van der Waals surface area contributed by atoms with E-state index in [0.29, 0.717) is 5.71 Å². The number of rotatable bonds is 3. The Labute approximate surface area is 105 Å². The first-order chi connectivity index (χ1) is 7.99. The van der Waals surface area contributed by atoms with Crippen molar-refractivity contribution in [3.05, 3.63) is 29.8 Å². The molecule has 0 aliphatic carbocycles. The molecule has 0 aromatic heterocycles. The van der Waals surface area contributed by atoms with E-state index in [0.717, 1.165) is 11.3 Å². The Hall–Kier alpha value is -2.15. The molecule has 0 spiro atoms. The summed E-state index contributed by atoms with van der Waals surface area (Å²) >= 11 is 4.73. The molecule has 0 heterocycles. The van der Waals surface area contributed by atoms with Crippen molar-refractivity contribution in [2.45, 2.75) is 6.92 Å². The van der Waals surface area contributed by atoms with Gasteiger partial charge >= 0.3 is 0 Å². The quantitative estimate of drug-likeness (QED) is 0.267. The van der Waals surface area contributed by atoms with Gasteiger partial charge in [-0.25, -0.2) is 0 Å². The molecule has 90 valence electrons. The van der Waals surface area contributed by atoms with Crippen LogP contribution in [0.2, 0.25) is 0 Å². The van der Waals surface area contributed by atoms with Crippen molar-refractivity contribution in [1.82, 2.24) is 0 Å². The molecule has 1 aromatic carbocycles. The molecule has 1 rings (SSSR count). The Morgan fingerprint density at radius 3 is 2.18 bits per heavy atom. The average Bonchev–Trinajstić information content (AvgIpc) is 2.26. The third kappa shape index (κ3) is 4.47. The van der Waals surface area contributed by atoms with Gasteiger partial charge in [-0.1, -0.05) is 12.1 Å². The monoisotopic (exact) mass is 250 g/mol. The summed E-state index contributed by atoms with van der Waals surface area (Å²) < 4.78 is 0. The number of nitrogens with two attached hydrogens (primary N) is 3. The topological polar surface area (TPSA) is 115 Å². The van der Waals surface area contributed by atoms with Gasteiger partial charge in [0.1, 0.15) is 0 Å². The molecule has 0 bridgehead atoms. The minimum Gasteiger partial charge on any atom is -0.376 e. The highest BCUT2D eigenvalue weighted by Gasteiger charge is 1.98. The lowest BCUT2D eigenvalue weighted by atomic mass is 10.1. The minimum absolute atomic E-state index is 0.0730. The molecule has 0 unspecified atom stereocenters. The molecule has 0 saturated carbocycles. The minimum atomic E-state index is -0.0730. The first-order valence-electron chi connectivity index (χ1n) is 4.79. The zero-order valence-electron chi connectivity index (χ0n) is 9.34. The fourth-order valence-electron chi connectivity index (χ4n) is 1.13. The number of hydrogen-bond donors (Lipinski definition) is 4. The molecule has 6 nitrogen and oxygen atoms in total. The number of hydrogen-bond acceptors (Lipinski definition) is 3. The molecule has 0 aliphatic rings. The van der Waals surface area contributed by atoms with Crippen LogP contribution in [0.15, 0.2) is 34.5 Å². The fourth-order valence-corrected chi connectivity index (χ4v) is 1.25. The van der Waals surface area contributed by atoms with Crippen LogP contribution in [0.4, 0.5) is 5.69 Å². The van der Waals surface area contributed by atoms with E-state index >= 15 is 0 Å². The highest BCUT2D eigenvalue weighted by Crippen LogP contribution is 2.10. The summed E-state index contributed by atoms with van der Waals surface area (Å²) in [4.78, 5) is 0. The molecular formula is C10H14N6S. The number of benzene rings is 1. The summed E-state index contributed by atoms with van der Waals surface area (Å²) in [6, 6.07) is 7.40. The highest BCUT2D eigenvalue weighted by molar-refractivity contribution is 7.80. The number of thiocarbonyl (C=S) groups is 1. The molecule has 17 heavy (non-hydrogen) atoms. The summed E-state index contributed by atoms with van der Waals surface area (Å²) in [5.74, 6) is -0.0730. The van der Waals surface area contributed by atoms with Crippen molar-refractivity contribution in [3.63, 3.8) is 0 Å². The van der Waals surface area contributed by atoms with Gasteiger partial charge in [0, 0.05) is 5.69 Å². The second-order valence-corrected chi connectivity index (χ2v) is 3.72. The van der Waals surface area contributed by atoms with Crippen LogP contribution in [0.3, 0.4) is 0 Å². The first kappa shape index (κ1) is 12.9. The second kappa shape index (κ2) is 5.80. The largest absolute Gasteiger partial charge is 0.376 e. The Balaban J connectivity index is 2.84. The Bertz CT molecular complexity index is 458. The van der Waals surface area contributed by atoms with E-state index in [4.69, 9.17) is 29.4 Å². The molecule has 7 N–H and O–H groups in total. The van der Waals surface area contributed by atoms with E-state index in [1.165, 1.54) is 0 Å². The Morgan fingerprint density at radius 1 is 1.12 bits per heavy atom. The summed E-state index contributed by atoms with van der Waals surface area (Å²) in [6.07, 6.45) is 0. The SMILES string of the molecule is C/C(=N/N=C(N)N)c1ccc(NC(N)=S)cc1. The molecule has 0 aliphatic heterocycles. The zero-order valence-corrected chi connectivity index (χ0v) is 10.2. The third-order valence-electron chi connectivity index (χ3n) is 1.89. The van der Waals surface area contributed by atoms with Crippen LogP contribution >= 0.6 is 12.2 Å². The van der Waals surface area contributed by atoms with Crippen LogP contribution < -0.4 is 22.5 Å². The van der Waals surface area contributed by atoms with Crippen LogP contribution in [0.1, 0.15) is 12.5 Å². The van der Waals surface area contributed by atoms with Crippen LogP contribution in [-0.2, 0) is 0 Å². The molecule has 0 fully saturated rings. The van der Waals surface area contributed by atoms with E-state index in [1.54, 1.807) is 0 Å². The fraction of sp³-hybridized carbons (Fsp3) is 0.100. The molecule has 0 saturated heterocycles. The predicted octanol–water partition coefficient (Wildman–Crippen LogP) is 0.340. The van der Waals surface area contributed by atoms with Crippen molar-refractivity contribution in [2.75, 3.05) is 5.32 Å². The van der Waals surface area contributed by atoms with Crippen molar-refractivity contribution in [1.29, 1.82) is 0 Å². The van der Waals surface area contributed by atoms with E-state index in [1.807, 2.05) is 31.2 Å². The maximum Gasteiger partial charge on any atom is 0.211 e. The lowest BCUT2D eigenvalue weighted by Gasteiger charge is -2.04. The normalized spacial score (nSPS) is 10.8. The molecule has 0 amide bonds. The molecule has 0 radical (unpaired) electrons. The maximum atomic E-state index is 5.35. The number of nitrogens with one attached hydrogen (secondary N) is 1. The summed E-state index contributed by atoms with van der Waals surface area (Å²) in [5, 5.41) is 10.5. The highest BCUT2D eigenvalue weighted by atomic mass is 32.1. The number of guanidine groups is 1. The lowest BCUT2D eigenvalue weighted by molar-refractivity contribution is 1.20. The predicted molar refractivity (Wildman–Crippen MR) is 74.9 cm³/mol. The van der Waals surface area contributed by atoms with Gasteiger partial charge in [0.25, 0.3) is 0 Å². The Morgan fingerprint density at radius 2 is 1.71 bits per heavy atom. The zero-order chi connectivity index (χ0) is 12.8. The average molecular weight is 250 g/mol. The Kier molecular flexibility index (Phi) is 4.41. The van der Waals surface area contributed by atoms with Crippen LogP contribution in [0.25, 0.3) is 0 Å². The van der Waals surface area contributed by atoms with Gasteiger partial charge in [0.15, 0.2) is 5.11 Å². The summed E-state index contributed by atoms with van der Waals surface area (Å²) in [5.41, 5.74) is 18.1. The van der Waals surface area contributed by atoms with Gasteiger partial charge < -0.3 is 22.5 Å². The van der Waals surface area contributed by atoms with Gasteiger partial charge in [-0.15, -0.1) is 5.10 Å². The molecule has 0 atom stereocenters. The third-order valence-corrected chi connectivity index (χ3v) is 1.99. The van der Waals surface area contributed by atoms with E-state index in [9.17, 15) is 0 Å². The lowest BCUT2D eigenvalue weighted by Crippen LogP contribution is -2.22. The summed E-state index contributed by atoms with van der Waals surface area (Å²) in [6.45, 7) is 1.81. The number of nitrogens with zero attached hydrogens (tertiary/aromatic N) is 2. The van der Waals surface area contributed by atoms with E-state index < -0.39 is 0 Å². The van der Waals surface area contributed by atoms with Gasteiger partial charge in [-0.3, -0.25) is 0 Å². The van der Waals surface area contributed by atoms with Crippen LogP contribution in [-0.4, -0.2) is 16.8 Å². The van der Waals surface area contributed by atoms with Crippen molar-refractivity contribution in [2.24, 2.45) is 27.4 Å². The number of anilines is 1.